The predicted octanol–water partition coefficient (Wildman–Crippen LogP) is 8.75. The standard InChI is InChI=1S/C42H67N7O/c1-3-4-24-37-47-39-40(34-21-15-16-22-35(34)46-42(39)43)49(37)30-32-25-28-48(29-26-32)44-27-18-17-23-36-41(50)38(31(2)45-36)33-19-13-11-9-7-5-6-8-10-12-14-20-33/h15-16,21-22,31-33,36,38,44-45H,3-14,17-20,23-30H2,1-2H3,(H2,43,46). The molecule has 4 N–H and O–H groups in total. The van der Waals surface area contributed by atoms with Crippen molar-refractivity contribution in [1.29, 1.82) is 0 Å². The molecule has 6 rings (SSSR count). The van der Waals surface area contributed by atoms with Gasteiger partial charge in [0.05, 0.1) is 17.1 Å². The van der Waals surface area contributed by atoms with Crippen LogP contribution in [0.5, 0.6) is 0 Å². The molecule has 276 valence electrons. The lowest BCUT2D eigenvalue weighted by atomic mass is 9.78. The Bertz CT molecular complexity index is 1480. The number of aromatic nitrogens is 3. The minimum atomic E-state index is 0.0556. The van der Waals surface area contributed by atoms with Crippen molar-refractivity contribution in [2.45, 2.75) is 161 Å². The Kier molecular flexibility index (Phi) is 14.0. The molecule has 0 amide bonds. The van der Waals surface area contributed by atoms with E-state index >= 15 is 0 Å². The third-order valence-electron chi connectivity index (χ3n) is 12.3. The van der Waals surface area contributed by atoms with Crippen LogP contribution >= 0.6 is 0 Å². The minimum Gasteiger partial charge on any atom is -0.382 e. The van der Waals surface area contributed by atoms with Gasteiger partial charge in [0.25, 0.3) is 0 Å². The maximum atomic E-state index is 13.7. The molecule has 0 radical (unpaired) electrons. The number of hydrogen-bond donors (Lipinski definition) is 3. The summed E-state index contributed by atoms with van der Waals surface area (Å²) >= 11 is 0. The highest BCUT2D eigenvalue weighted by Gasteiger charge is 2.42. The number of aryl methyl sites for hydroxylation is 1. The van der Waals surface area contributed by atoms with Crippen LogP contribution in [0, 0.1) is 17.8 Å². The number of ketones is 1. The molecule has 50 heavy (non-hydrogen) atoms. The molecular weight excluding hydrogens is 619 g/mol. The number of anilines is 1. The SMILES string of the molecule is CCCCc1nc2c(N)nc3ccccc3c2n1CC1CCN(NCCCCC2NC(C)C(C3CCCCCCCCCCCC3)C2=O)CC1. The number of nitrogens with one attached hydrogen (secondary N) is 2. The molecule has 2 aliphatic heterocycles. The molecule has 0 bridgehead atoms. The Morgan fingerprint density at radius 1 is 0.880 bits per heavy atom. The minimum absolute atomic E-state index is 0.0556. The van der Waals surface area contributed by atoms with Crippen LogP contribution in [0.1, 0.15) is 142 Å². The second-order valence-electron chi connectivity index (χ2n) is 16.1. The van der Waals surface area contributed by atoms with Gasteiger partial charge in [-0.25, -0.2) is 15.0 Å². The number of hydrazine groups is 1. The Morgan fingerprint density at radius 2 is 1.56 bits per heavy atom. The van der Waals surface area contributed by atoms with E-state index in [1.165, 1.54) is 89.9 Å². The van der Waals surface area contributed by atoms with Gasteiger partial charge in [-0.15, -0.1) is 0 Å². The molecule has 1 aliphatic carbocycles. The van der Waals surface area contributed by atoms with E-state index in [0.717, 1.165) is 92.5 Å². The zero-order valence-electron chi connectivity index (χ0n) is 31.4. The van der Waals surface area contributed by atoms with E-state index in [-0.39, 0.29) is 12.0 Å². The number of benzene rings is 1. The summed E-state index contributed by atoms with van der Waals surface area (Å²) in [4.78, 5) is 23.5. The van der Waals surface area contributed by atoms with E-state index in [0.29, 0.717) is 29.5 Å². The first-order valence-corrected chi connectivity index (χ1v) is 20.8. The van der Waals surface area contributed by atoms with Crippen LogP contribution in [0.15, 0.2) is 24.3 Å². The Morgan fingerprint density at radius 3 is 2.26 bits per heavy atom. The first-order chi connectivity index (χ1) is 24.5. The average Bonchev–Trinajstić information content (AvgIpc) is 3.63. The van der Waals surface area contributed by atoms with Crippen molar-refractivity contribution in [2.24, 2.45) is 17.8 Å². The van der Waals surface area contributed by atoms with E-state index in [1.54, 1.807) is 0 Å². The van der Waals surface area contributed by atoms with Gasteiger partial charge < -0.3 is 15.6 Å². The number of hydrogen-bond acceptors (Lipinski definition) is 7. The summed E-state index contributed by atoms with van der Waals surface area (Å²) in [6, 6.07) is 8.73. The fourth-order valence-electron chi connectivity index (χ4n) is 9.45. The van der Waals surface area contributed by atoms with Gasteiger partial charge in [0.15, 0.2) is 11.6 Å². The Hall–Kier alpha value is -2.55. The summed E-state index contributed by atoms with van der Waals surface area (Å²) in [5, 5.41) is 7.33. The molecule has 8 heteroatoms. The fourth-order valence-corrected chi connectivity index (χ4v) is 9.45. The molecule has 2 saturated heterocycles. The number of nitrogens with zero attached hydrogens (tertiary/aromatic N) is 4. The summed E-state index contributed by atoms with van der Waals surface area (Å²) in [7, 11) is 0. The second kappa shape index (κ2) is 18.8. The maximum absolute atomic E-state index is 13.7. The topological polar surface area (TPSA) is 101 Å². The van der Waals surface area contributed by atoms with Gasteiger partial charge in [0.1, 0.15) is 11.3 Å². The normalized spacial score (nSPS) is 24.4. The van der Waals surface area contributed by atoms with Crippen LogP contribution in [0.3, 0.4) is 0 Å². The van der Waals surface area contributed by atoms with E-state index in [4.69, 9.17) is 10.7 Å². The molecule has 8 nitrogen and oxygen atoms in total. The zero-order valence-corrected chi connectivity index (χ0v) is 31.4. The molecular formula is C42H67N7O. The van der Waals surface area contributed by atoms with Crippen molar-refractivity contribution in [1.82, 2.24) is 30.3 Å². The zero-order chi connectivity index (χ0) is 34.7. The highest BCUT2D eigenvalue weighted by molar-refractivity contribution is 6.06. The smallest absolute Gasteiger partial charge is 0.154 e. The van der Waals surface area contributed by atoms with Crippen LogP contribution in [-0.4, -0.2) is 57.0 Å². The molecule has 3 fully saturated rings. The van der Waals surface area contributed by atoms with E-state index in [1.807, 2.05) is 6.07 Å². The highest BCUT2D eigenvalue weighted by Crippen LogP contribution is 2.35. The van der Waals surface area contributed by atoms with Crippen LogP contribution < -0.4 is 16.5 Å². The van der Waals surface area contributed by atoms with Gasteiger partial charge in [-0.05, 0) is 69.8 Å². The van der Waals surface area contributed by atoms with Crippen molar-refractivity contribution in [3.05, 3.63) is 30.1 Å². The highest BCUT2D eigenvalue weighted by atomic mass is 16.1. The first-order valence-electron chi connectivity index (χ1n) is 20.8. The van der Waals surface area contributed by atoms with Crippen LogP contribution in [0.4, 0.5) is 5.82 Å². The monoisotopic (exact) mass is 686 g/mol. The number of fused-ring (bicyclic) bond motifs is 3. The summed E-state index contributed by atoms with van der Waals surface area (Å²) in [5.74, 6) is 3.62. The van der Waals surface area contributed by atoms with Crippen molar-refractivity contribution < 1.29 is 4.79 Å². The largest absolute Gasteiger partial charge is 0.382 e. The Balaban J connectivity index is 0.945. The molecule has 3 aromatic rings. The lowest BCUT2D eigenvalue weighted by Crippen LogP contribution is -2.44. The number of carbonyl (C=O) groups is 1. The maximum Gasteiger partial charge on any atom is 0.154 e. The first kappa shape index (κ1) is 37.2. The van der Waals surface area contributed by atoms with Crippen LogP contribution in [0.2, 0.25) is 0 Å². The van der Waals surface area contributed by atoms with Gasteiger partial charge in [0.2, 0.25) is 0 Å². The number of unbranched alkanes of at least 4 members (excludes halogenated alkanes) is 2. The van der Waals surface area contributed by atoms with Gasteiger partial charge >= 0.3 is 0 Å². The summed E-state index contributed by atoms with van der Waals surface area (Å²) in [6.07, 6.45) is 24.9. The van der Waals surface area contributed by atoms with Crippen LogP contribution in [-0.2, 0) is 17.8 Å². The number of rotatable bonds is 12. The van der Waals surface area contributed by atoms with Crippen molar-refractivity contribution in [3.8, 4) is 0 Å². The number of carbonyl (C=O) groups excluding carboxylic acids is 1. The molecule has 0 spiro atoms. The number of nitrogen functional groups attached to an aromatic ring is 1. The molecule has 2 aromatic heterocycles. The summed E-state index contributed by atoms with van der Waals surface area (Å²) < 4.78 is 2.48. The number of nitrogens with two attached hydrogens (primary N) is 1. The number of imidazole rings is 1. The van der Waals surface area contributed by atoms with Gasteiger partial charge in [0, 0.05) is 49.9 Å². The van der Waals surface area contributed by atoms with E-state index < -0.39 is 0 Å². The van der Waals surface area contributed by atoms with Crippen molar-refractivity contribution in [2.75, 3.05) is 25.4 Å². The quantitative estimate of drug-likeness (QED) is 0.164. The molecule has 1 saturated carbocycles. The molecule has 3 aliphatic rings. The number of para-hydroxylation sites is 1. The van der Waals surface area contributed by atoms with Gasteiger partial charge in [-0.2, -0.15) is 0 Å². The third kappa shape index (κ3) is 9.46. The predicted molar refractivity (Wildman–Crippen MR) is 208 cm³/mol. The Labute approximate surface area is 302 Å². The van der Waals surface area contributed by atoms with Gasteiger partial charge in [-0.3, -0.25) is 10.2 Å². The van der Waals surface area contributed by atoms with Crippen molar-refractivity contribution >= 4 is 33.5 Å². The molecule has 1 aromatic carbocycles. The number of pyridine rings is 1. The van der Waals surface area contributed by atoms with Crippen LogP contribution in [0.25, 0.3) is 21.9 Å². The molecule has 4 heterocycles. The lowest BCUT2D eigenvalue weighted by Gasteiger charge is -2.33. The fraction of sp³-hybridized carbons (Fsp3) is 0.738. The average molecular weight is 686 g/mol. The number of Topliss-reactive ketones (excluding diaryl/α,β-unsaturated/α-hetero) is 1. The van der Waals surface area contributed by atoms with E-state index in [9.17, 15) is 4.79 Å². The lowest BCUT2D eigenvalue weighted by molar-refractivity contribution is -0.123. The molecule has 3 atom stereocenters. The van der Waals surface area contributed by atoms with Gasteiger partial charge in [-0.1, -0.05) is 102 Å². The third-order valence-corrected chi connectivity index (χ3v) is 12.3. The molecule has 3 unspecified atom stereocenters. The van der Waals surface area contributed by atoms with Crippen molar-refractivity contribution in [3.63, 3.8) is 0 Å². The summed E-state index contributed by atoms with van der Waals surface area (Å²) in [6.45, 7) is 8.62. The summed E-state index contributed by atoms with van der Waals surface area (Å²) in [5.41, 5.74) is 13.1. The second-order valence-corrected chi connectivity index (χ2v) is 16.1. The van der Waals surface area contributed by atoms with E-state index in [2.05, 4.69) is 57.3 Å². The number of piperidine rings is 1.